The van der Waals surface area contributed by atoms with Crippen LogP contribution in [0.4, 0.5) is 5.82 Å². The van der Waals surface area contributed by atoms with Crippen molar-refractivity contribution >= 4 is 39.3 Å². The number of hydrogen-bond acceptors (Lipinski definition) is 3. The van der Waals surface area contributed by atoms with Crippen LogP contribution in [0.25, 0.3) is 11.3 Å². The predicted molar refractivity (Wildman–Crippen MR) is 91.0 cm³/mol. The van der Waals surface area contributed by atoms with Crippen molar-refractivity contribution in [1.82, 2.24) is 15.5 Å². The molecular formula is C15H16BrClN4O. The largest absolute Gasteiger partial charge is 0.313 e. The molecule has 0 bridgehead atoms. The molecular weight excluding hydrogens is 368 g/mol. The second kappa shape index (κ2) is 6.81. The monoisotopic (exact) mass is 382 g/mol. The molecule has 0 saturated carbocycles. The van der Waals surface area contributed by atoms with Crippen LogP contribution in [-0.2, 0) is 4.79 Å². The van der Waals surface area contributed by atoms with Gasteiger partial charge in [-0.2, -0.15) is 5.10 Å². The number of nitrogens with one attached hydrogen (secondary N) is 3. The molecule has 0 aliphatic carbocycles. The lowest BCUT2D eigenvalue weighted by atomic mass is 10.1. The summed E-state index contributed by atoms with van der Waals surface area (Å²) in [5.41, 5.74) is 1.60. The lowest BCUT2D eigenvalue weighted by molar-refractivity contribution is -0.116. The molecule has 3 N–H and O–H groups in total. The Morgan fingerprint density at radius 3 is 3.09 bits per heavy atom. The Morgan fingerprint density at radius 1 is 1.45 bits per heavy atom. The number of aromatic amines is 1. The van der Waals surface area contributed by atoms with Crippen LogP contribution in [0.15, 0.2) is 28.7 Å². The van der Waals surface area contributed by atoms with E-state index >= 15 is 0 Å². The normalized spacial score (nSPS) is 17.6. The Hall–Kier alpha value is -1.37. The van der Waals surface area contributed by atoms with Gasteiger partial charge in [-0.1, -0.05) is 27.5 Å². The molecule has 1 atom stereocenters. The fourth-order valence-corrected chi connectivity index (χ4v) is 3.16. The summed E-state index contributed by atoms with van der Waals surface area (Å²) in [7, 11) is 0. The molecule has 1 aromatic heterocycles. The maximum Gasteiger partial charge on any atom is 0.227 e. The number of amides is 1. The zero-order chi connectivity index (χ0) is 15.5. The van der Waals surface area contributed by atoms with E-state index < -0.39 is 0 Å². The summed E-state index contributed by atoms with van der Waals surface area (Å²) in [6, 6.07) is 7.65. The third kappa shape index (κ3) is 3.69. The highest BCUT2D eigenvalue weighted by Crippen LogP contribution is 2.30. The summed E-state index contributed by atoms with van der Waals surface area (Å²) in [4.78, 5) is 12.0. The van der Waals surface area contributed by atoms with E-state index in [4.69, 9.17) is 11.6 Å². The van der Waals surface area contributed by atoms with Crippen LogP contribution in [0.5, 0.6) is 0 Å². The highest BCUT2D eigenvalue weighted by Gasteiger charge is 2.18. The van der Waals surface area contributed by atoms with E-state index in [1.807, 2.05) is 18.2 Å². The number of hydrogen-bond donors (Lipinski definition) is 3. The molecule has 5 nitrogen and oxygen atoms in total. The lowest BCUT2D eigenvalue weighted by Crippen LogP contribution is -2.27. The highest BCUT2D eigenvalue weighted by molar-refractivity contribution is 9.10. The zero-order valence-corrected chi connectivity index (χ0v) is 14.2. The van der Waals surface area contributed by atoms with Crippen molar-refractivity contribution in [3.8, 4) is 11.3 Å². The average Bonchev–Trinajstić information content (AvgIpc) is 3.13. The molecule has 1 fully saturated rings. The van der Waals surface area contributed by atoms with Gasteiger partial charge in [0, 0.05) is 28.6 Å². The van der Waals surface area contributed by atoms with E-state index in [-0.39, 0.29) is 11.9 Å². The third-order valence-electron chi connectivity index (χ3n) is 3.66. The van der Waals surface area contributed by atoms with Crippen molar-refractivity contribution in [1.29, 1.82) is 0 Å². The average molecular weight is 384 g/mol. The number of carbonyl (C=O) groups excluding carboxylic acids is 1. The molecule has 3 rings (SSSR count). The van der Waals surface area contributed by atoms with Gasteiger partial charge in [0.1, 0.15) is 0 Å². The van der Waals surface area contributed by atoms with Crippen LogP contribution in [0.1, 0.15) is 19.3 Å². The summed E-state index contributed by atoms with van der Waals surface area (Å²) >= 11 is 9.61. The Labute approximate surface area is 142 Å². The Bertz CT molecular complexity index is 682. The molecule has 7 heteroatoms. The summed E-state index contributed by atoms with van der Waals surface area (Å²) in [5, 5.41) is 13.8. The lowest BCUT2D eigenvalue weighted by Gasteiger charge is -2.08. The number of rotatable bonds is 4. The molecule has 1 unspecified atom stereocenters. The van der Waals surface area contributed by atoms with E-state index in [1.165, 1.54) is 0 Å². The second-order valence-electron chi connectivity index (χ2n) is 5.34. The van der Waals surface area contributed by atoms with Crippen molar-refractivity contribution in [2.24, 2.45) is 0 Å². The number of halogens is 2. The molecule has 2 heterocycles. The van der Waals surface area contributed by atoms with Gasteiger partial charge < -0.3 is 10.6 Å². The maximum atomic E-state index is 12.0. The molecule has 0 spiro atoms. The van der Waals surface area contributed by atoms with Gasteiger partial charge in [0.2, 0.25) is 5.91 Å². The van der Waals surface area contributed by atoms with Crippen molar-refractivity contribution < 1.29 is 4.79 Å². The Morgan fingerprint density at radius 2 is 2.32 bits per heavy atom. The van der Waals surface area contributed by atoms with Crippen LogP contribution in [0.3, 0.4) is 0 Å². The van der Waals surface area contributed by atoms with Crippen molar-refractivity contribution in [2.45, 2.75) is 25.3 Å². The first kappa shape index (κ1) is 15.5. The first-order valence-corrected chi connectivity index (χ1v) is 8.33. The molecule has 1 aromatic carbocycles. The standard InChI is InChI=1S/C15H16BrClN4O/c16-9-3-4-12(17)11(6-9)13-8-14(21-20-13)19-15(22)7-10-2-1-5-18-10/h3-4,6,8,10,18H,1-2,5,7H2,(H2,19,20,21,22). The van der Waals surface area contributed by atoms with Gasteiger partial charge in [0.05, 0.1) is 10.7 Å². The van der Waals surface area contributed by atoms with Gasteiger partial charge in [-0.15, -0.1) is 0 Å². The minimum atomic E-state index is -0.0298. The number of benzene rings is 1. The van der Waals surface area contributed by atoms with E-state index in [1.54, 1.807) is 6.07 Å². The Balaban J connectivity index is 1.68. The first-order valence-electron chi connectivity index (χ1n) is 7.16. The summed E-state index contributed by atoms with van der Waals surface area (Å²) in [6.45, 7) is 0.992. The molecule has 22 heavy (non-hydrogen) atoms. The van der Waals surface area contributed by atoms with E-state index in [9.17, 15) is 4.79 Å². The van der Waals surface area contributed by atoms with Gasteiger partial charge in [0.25, 0.3) is 0 Å². The van der Waals surface area contributed by atoms with Gasteiger partial charge >= 0.3 is 0 Å². The van der Waals surface area contributed by atoms with Crippen LogP contribution >= 0.6 is 27.5 Å². The van der Waals surface area contributed by atoms with E-state index in [0.717, 1.165) is 35.1 Å². The fourth-order valence-electron chi connectivity index (χ4n) is 2.58. The summed E-state index contributed by atoms with van der Waals surface area (Å²) in [5.74, 6) is 0.479. The fraction of sp³-hybridized carbons (Fsp3) is 0.333. The van der Waals surface area contributed by atoms with Crippen molar-refractivity contribution in [3.63, 3.8) is 0 Å². The minimum absolute atomic E-state index is 0.0298. The number of nitrogens with zero attached hydrogens (tertiary/aromatic N) is 1. The molecule has 116 valence electrons. The van der Waals surface area contributed by atoms with Gasteiger partial charge in [0.15, 0.2) is 5.82 Å². The maximum absolute atomic E-state index is 12.0. The third-order valence-corrected chi connectivity index (χ3v) is 4.48. The van der Waals surface area contributed by atoms with Crippen molar-refractivity contribution in [2.75, 3.05) is 11.9 Å². The number of carbonyl (C=O) groups is 1. The van der Waals surface area contributed by atoms with Gasteiger partial charge in [-0.3, -0.25) is 9.89 Å². The molecule has 0 radical (unpaired) electrons. The van der Waals surface area contributed by atoms with Crippen LogP contribution in [0.2, 0.25) is 5.02 Å². The molecule has 1 aliphatic heterocycles. The Kier molecular flexibility index (Phi) is 4.81. The van der Waals surface area contributed by atoms with Crippen LogP contribution < -0.4 is 10.6 Å². The van der Waals surface area contributed by atoms with E-state index in [2.05, 4.69) is 36.8 Å². The predicted octanol–water partition coefficient (Wildman–Crippen LogP) is 3.57. The first-order chi connectivity index (χ1) is 10.6. The molecule has 1 aliphatic rings. The summed E-state index contributed by atoms with van der Waals surface area (Å²) < 4.78 is 0.930. The quantitative estimate of drug-likeness (QED) is 0.756. The van der Waals surface area contributed by atoms with Crippen LogP contribution in [0, 0.1) is 0 Å². The minimum Gasteiger partial charge on any atom is -0.313 e. The smallest absolute Gasteiger partial charge is 0.227 e. The second-order valence-corrected chi connectivity index (χ2v) is 6.66. The van der Waals surface area contributed by atoms with E-state index in [0.29, 0.717) is 17.3 Å². The molecule has 1 saturated heterocycles. The number of H-pyrrole nitrogens is 1. The number of anilines is 1. The van der Waals surface area contributed by atoms with Gasteiger partial charge in [-0.25, -0.2) is 0 Å². The van der Waals surface area contributed by atoms with Crippen molar-refractivity contribution in [3.05, 3.63) is 33.8 Å². The summed E-state index contributed by atoms with van der Waals surface area (Å²) in [6.07, 6.45) is 2.65. The highest BCUT2D eigenvalue weighted by atomic mass is 79.9. The number of aromatic nitrogens is 2. The molecule has 2 aromatic rings. The van der Waals surface area contributed by atoms with Crippen LogP contribution in [-0.4, -0.2) is 28.7 Å². The zero-order valence-electron chi connectivity index (χ0n) is 11.8. The molecule has 1 amide bonds. The topological polar surface area (TPSA) is 69.8 Å². The SMILES string of the molecule is O=C(CC1CCCN1)Nc1cc(-c2cc(Br)ccc2Cl)[nH]n1. The van der Waals surface area contributed by atoms with Gasteiger partial charge in [-0.05, 0) is 37.6 Å².